The van der Waals surface area contributed by atoms with Crippen molar-refractivity contribution < 1.29 is 14.3 Å². The van der Waals surface area contributed by atoms with Gasteiger partial charge in [-0.3, -0.25) is 0 Å². The largest absolute Gasteiger partial charge is 0.333 e. The van der Waals surface area contributed by atoms with Crippen LogP contribution in [-0.2, 0) is 4.52 Å². The molecule has 0 fully saturated rings. The molecule has 0 aromatic rings. The first kappa shape index (κ1) is 10.2. The summed E-state index contributed by atoms with van der Waals surface area (Å²) in [6.45, 7) is 4.38. The molecule has 10 heavy (non-hydrogen) atoms. The third-order valence-corrected chi connectivity index (χ3v) is 1.83. The van der Waals surface area contributed by atoms with Crippen molar-refractivity contribution in [3.63, 3.8) is 0 Å². The monoisotopic (exact) mass is 166 g/mol. The smallest absolute Gasteiger partial charge is 0.245 e. The average molecular weight is 166 g/mol. The summed E-state index contributed by atoms with van der Waals surface area (Å²) in [6, 6.07) is 0. The fourth-order valence-electron chi connectivity index (χ4n) is 0.364. The molecule has 0 aromatic carbocycles. The van der Waals surface area contributed by atoms with Crippen molar-refractivity contribution in [3.8, 4) is 0 Å². The molecule has 0 spiro atoms. The SMILES string of the molecule is C=P(O)(O)OC[C@H](C)CC. The van der Waals surface area contributed by atoms with E-state index < -0.39 is 7.57 Å². The van der Waals surface area contributed by atoms with Crippen LogP contribution < -0.4 is 0 Å². The minimum absolute atomic E-state index is 0.362. The van der Waals surface area contributed by atoms with Crippen LogP contribution in [-0.4, -0.2) is 22.7 Å². The lowest BCUT2D eigenvalue weighted by Crippen LogP contribution is -2.02. The Bertz CT molecular complexity index is 129. The normalized spacial score (nSPS) is 15.2. The first-order chi connectivity index (χ1) is 4.45. The maximum atomic E-state index is 8.70. The Hall–Kier alpha value is 0.180. The van der Waals surface area contributed by atoms with E-state index in [1.54, 1.807) is 0 Å². The molecule has 0 radical (unpaired) electrons. The summed E-state index contributed by atoms with van der Waals surface area (Å²) in [5.74, 6) is 0.362. The lowest BCUT2D eigenvalue weighted by Gasteiger charge is -2.13. The fourth-order valence-corrected chi connectivity index (χ4v) is 0.858. The zero-order valence-corrected chi connectivity index (χ0v) is 7.34. The van der Waals surface area contributed by atoms with E-state index in [0.717, 1.165) is 6.42 Å². The van der Waals surface area contributed by atoms with Crippen molar-refractivity contribution in [2.75, 3.05) is 6.61 Å². The molecule has 0 bridgehead atoms. The lowest BCUT2D eigenvalue weighted by atomic mass is 10.1. The van der Waals surface area contributed by atoms with Crippen LogP contribution in [0.1, 0.15) is 20.3 Å². The zero-order valence-electron chi connectivity index (χ0n) is 6.45. The molecule has 0 heterocycles. The molecular formula is C6H15O3P. The quantitative estimate of drug-likeness (QED) is 0.617. The molecule has 0 aliphatic rings. The molecule has 0 amide bonds. The van der Waals surface area contributed by atoms with E-state index in [9.17, 15) is 0 Å². The molecule has 0 saturated carbocycles. The van der Waals surface area contributed by atoms with Crippen molar-refractivity contribution in [2.45, 2.75) is 20.3 Å². The van der Waals surface area contributed by atoms with Crippen molar-refractivity contribution in [1.82, 2.24) is 0 Å². The van der Waals surface area contributed by atoms with Crippen LogP contribution in [0.25, 0.3) is 0 Å². The van der Waals surface area contributed by atoms with Crippen molar-refractivity contribution in [3.05, 3.63) is 0 Å². The van der Waals surface area contributed by atoms with Gasteiger partial charge in [-0.2, -0.15) is 0 Å². The third kappa shape index (κ3) is 6.30. The van der Waals surface area contributed by atoms with Crippen molar-refractivity contribution in [1.29, 1.82) is 0 Å². The van der Waals surface area contributed by atoms with Crippen LogP contribution in [0, 0.1) is 5.92 Å². The van der Waals surface area contributed by atoms with Gasteiger partial charge < -0.3 is 14.3 Å². The van der Waals surface area contributed by atoms with E-state index in [1.165, 1.54) is 0 Å². The van der Waals surface area contributed by atoms with Crippen LogP contribution >= 0.6 is 7.57 Å². The summed E-state index contributed by atoms with van der Waals surface area (Å²) in [5, 5.41) is 0. The Morgan fingerprint density at radius 1 is 1.60 bits per heavy atom. The maximum Gasteiger partial charge on any atom is 0.245 e. The molecular weight excluding hydrogens is 151 g/mol. The zero-order chi connectivity index (χ0) is 8.20. The van der Waals surface area contributed by atoms with Gasteiger partial charge in [-0.05, 0) is 12.2 Å². The predicted molar refractivity (Wildman–Crippen MR) is 43.9 cm³/mol. The van der Waals surface area contributed by atoms with Crippen LogP contribution in [0.3, 0.4) is 0 Å². The summed E-state index contributed by atoms with van der Waals surface area (Å²) in [4.78, 5) is 17.4. The highest BCUT2D eigenvalue weighted by Gasteiger charge is 2.06. The summed E-state index contributed by atoms with van der Waals surface area (Å²) >= 11 is 0. The summed E-state index contributed by atoms with van der Waals surface area (Å²) in [6.07, 6.45) is 4.05. The molecule has 0 aliphatic carbocycles. The maximum absolute atomic E-state index is 8.70. The second-order valence-corrected chi connectivity index (χ2v) is 4.06. The molecule has 62 valence electrons. The Balaban J connectivity index is 3.46. The van der Waals surface area contributed by atoms with Gasteiger partial charge in [0.15, 0.2) is 0 Å². The Kier molecular flexibility index (Phi) is 4.22. The highest BCUT2D eigenvalue weighted by atomic mass is 31.2. The molecule has 0 saturated heterocycles. The van der Waals surface area contributed by atoms with Crippen LogP contribution in [0.15, 0.2) is 0 Å². The van der Waals surface area contributed by atoms with Gasteiger partial charge in [0.1, 0.15) is 0 Å². The van der Waals surface area contributed by atoms with Crippen LogP contribution in [0.4, 0.5) is 0 Å². The first-order valence-electron chi connectivity index (χ1n) is 3.29. The molecule has 3 nitrogen and oxygen atoms in total. The van der Waals surface area contributed by atoms with Gasteiger partial charge in [0, 0.05) is 0 Å². The van der Waals surface area contributed by atoms with E-state index in [1.807, 2.05) is 13.8 Å². The third-order valence-electron chi connectivity index (χ3n) is 1.26. The predicted octanol–water partition coefficient (Wildman–Crippen LogP) is 1.23. The first-order valence-corrected chi connectivity index (χ1v) is 5.09. The minimum atomic E-state index is -3.23. The molecule has 0 aromatic heterocycles. The average Bonchev–Trinajstić information content (AvgIpc) is 1.81. The number of hydrogen-bond donors (Lipinski definition) is 2. The van der Waals surface area contributed by atoms with Gasteiger partial charge in [0.25, 0.3) is 0 Å². The Morgan fingerprint density at radius 2 is 2.10 bits per heavy atom. The second kappa shape index (κ2) is 4.14. The fraction of sp³-hybridized carbons (Fsp3) is 0.833. The van der Waals surface area contributed by atoms with E-state index in [4.69, 9.17) is 14.3 Å². The van der Waals surface area contributed by atoms with Gasteiger partial charge in [0.2, 0.25) is 7.57 Å². The molecule has 1 atom stereocenters. The standard InChI is InChI=1S/C6H15O3P/c1-4-6(2)5-9-10(3,7)8/h6-8H,3-5H2,1-2H3/t6-/m1/s1. The van der Waals surface area contributed by atoms with Crippen molar-refractivity contribution >= 4 is 13.9 Å². The minimum Gasteiger partial charge on any atom is -0.333 e. The van der Waals surface area contributed by atoms with Gasteiger partial charge >= 0.3 is 0 Å². The Labute approximate surface area is 61.9 Å². The van der Waals surface area contributed by atoms with Crippen LogP contribution in [0.2, 0.25) is 0 Å². The van der Waals surface area contributed by atoms with Gasteiger partial charge in [-0.15, -0.1) is 0 Å². The summed E-state index contributed by atoms with van der Waals surface area (Å²) in [7, 11) is -3.23. The highest BCUT2D eigenvalue weighted by molar-refractivity contribution is 7.57. The van der Waals surface area contributed by atoms with Gasteiger partial charge in [-0.1, -0.05) is 20.3 Å². The number of hydrogen-bond acceptors (Lipinski definition) is 3. The van der Waals surface area contributed by atoms with Crippen molar-refractivity contribution in [2.24, 2.45) is 5.92 Å². The van der Waals surface area contributed by atoms with E-state index >= 15 is 0 Å². The second-order valence-electron chi connectivity index (χ2n) is 2.47. The number of rotatable bonds is 4. The Morgan fingerprint density at radius 3 is 2.40 bits per heavy atom. The molecule has 0 rings (SSSR count). The summed E-state index contributed by atoms with van der Waals surface area (Å²) < 4.78 is 4.69. The van der Waals surface area contributed by atoms with Gasteiger partial charge in [-0.25, -0.2) is 0 Å². The van der Waals surface area contributed by atoms with Gasteiger partial charge in [0.05, 0.1) is 6.61 Å². The van der Waals surface area contributed by atoms with E-state index in [0.29, 0.717) is 12.5 Å². The molecule has 0 unspecified atom stereocenters. The highest BCUT2D eigenvalue weighted by Crippen LogP contribution is 2.35. The summed E-state index contributed by atoms with van der Waals surface area (Å²) in [5.41, 5.74) is 0. The molecule has 2 N–H and O–H groups in total. The van der Waals surface area contributed by atoms with Crippen LogP contribution in [0.5, 0.6) is 0 Å². The molecule has 0 aliphatic heterocycles. The molecule has 4 heteroatoms. The lowest BCUT2D eigenvalue weighted by molar-refractivity contribution is 0.212. The topological polar surface area (TPSA) is 49.7 Å². The van der Waals surface area contributed by atoms with E-state index in [-0.39, 0.29) is 0 Å². The van der Waals surface area contributed by atoms with E-state index in [2.05, 4.69) is 6.30 Å².